The van der Waals surface area contributed by atoms with Crippen molar-refractivity contribution in [3.05, 3.63) is 34.9 Å². The zero-order valence-electron chi connectivity index (χ0n) is 14.3. The van der Waals surface area contributed by atoms with Gasteiger partial charge in [-0.05, 0) is 43.9 Å². The minimum absolute atomic E-state index is 0.0597. The number of aromatic hydroxyl groups is 2. The van der Waals surface area contributed by atoms with Crippen molar-refractivity contribution in [1.82, 2.24) is 0 Å². The van der Waals surface area contributed by atoms with Gasteiger partial charge in [-0.3, -0.25) is 4.79 Å². The Morgan fingerprint density at radius 3 is 2.68 bits per heavy atom. The summed E-state index contributed by atoms with van der Waals surface area (Å²) in [6, 6.07) is 1.10. The summed E-state index contributed by atoms with van der Waals surface area (Å²) in [5, 5.41) is 20.1. The molecular formula is C19H22O6. The van der Waals surface area contributed by atoms with Crippen LogP contribution in [0.1, 0.15) is 47.7 Å². The van der Waals surface area contributed by atoms with Crippen LogP contribution in [0, 0.1) is 6.92 Å². The van der Waals surface area contributed by atoms with Crippen molar-refractivity contribution in [2.24, 2.45) is 0 Å². The van der Waals surface area contributed by atoms with Crippen LogP contribution in [0.15, 0.2) is 18.2 Å². The molecule has 2 heterocycles. The molecule has 1 fully saturated rings. The first-order chi connectivity index (χ1) is 11.9. The lowest BCUT2D eigenvalue weighted by Crippen LogP contribution is -2.20. The molecule has 134 valence electrons. The summed E-state index contributed by atoms with van der Waals surface area (Å²) in [6.45, 7) is 3.38. The number of phenolic OH excluding ortho intramolecular Hbond substituents is 2. The highest BCUT2D eigenvalue weighted by molar-refractivity contribution is 5.99. The fraction of sp³-hybridized carbons (Fsp3) is 0.474. The average Bonchev–Trinajstić information content (AvgIpc) is 3.25. The smallest absolute Gasteiger partial charge is 0.342 e. The van der Waals surface area contributed by atoms with Gasteiger partial charge in [-0.2, -0.15) is 0 Å². The van der Waals surface area contributed by atoms with Crippen molar-refractivity contribution in [2.45, 2.75) is 57.8 Å². The van der Waals surface area contributed by atoms with E-state index in [1.807, 2.05) is 0 Å². The van der Waals surface area contributed by atoms with E-state index in [9.17, 15) is 19.8 Å². The van der Waals surface area contributed by atoms with Crippen LogP contribution in [0.3, 0.4) is 0 Å². The number of carbonyl (C=O) groups excluding carboxylic acids is 2. The number of cyclic esters (lactones) is 1. The second-order valence-corrected chi connectivity index (χ2v) is 6.68. The molecule has 1 aromatic rings. The summed E-state index contributed by atoms with van der Waals surface area (Å²) in [7, 11) is 0. The second-order valence-electron chi connectivity index (χ2n) is 6.68. The third-order valence-electron chi connectivity index (χ3n) is 4.71. The second kappa shape index (κ2) is 6.88. The van der Waals surface area contributed by atoms with Gasteiger partial charge in [-0.25, -0.2) is 4.79 Å². The summed E-state index contributed by atoms with van der Waals surface area (Å²) in [6.07, 6.45) is 5.15. The normalized spacial score (nSPS) is 28.3. The molecule has 1 saturated heterocycles. The van der Waals surface area contributed by atoms with E-state index in [2.05, 4.69) is 0 Å². The molecule has 1 aromatic carbocycles. The molecule has 2 aliphatic heterocycles. The van der Waals surface area contributed by atoms with Gasteiger partial charge in [0.05, 0.1) is 12.2 Å². The van der Waals surface area contributed by atoms with Crippen molar-refractivity contribution in [2.75, 3.05) is 0 Å². The van der Waals surface area contributed by atoms with Crippen molar-refractivity contribution in [3.8, 4) is 11.5 Å². The van der Waals surface area contributed by atoms with Gasteiger partial charge >= 0.3 is 5.97 Å². The third-order valence-corrected chi connectivity index (χ3v) is 4.71. The van der Waals surface area contributed by atoms with Crippen molar-refractivity contribution in [1.29, 1.82) is 0 Å². The number of epoxide rings is 1. The number of hydrogen-bond donors (Lipinski definition) is 2. The molecule has 0 radical (unpaired) electrons. The van der Waals surface area contributed by atoms with E-state index in [-0.39, 0.29) is 47.6 Å². The van der Waals surface area contributed by atoms with E-state index in [1.54, 1.807) is 19.9 Å². The first-order valence-electron chi connectivity index (χ1n) is 8.47. The maximum Gasteiger partial charge on any atom is 0.342 e. The lowest BCUT2D eigenvalue weighted by molar-refractivity contribution is -0.114. The Morgan fingerprint density at radius 2 is 1.92 bits per heavy atom. The van der Waals surface area contributed by atoms with Crippen LogP contribution >= 0.6 is 0 Å². The van der Waals surface area contributed by atoms with E-state index in [0.29, 0.717) is 17.5 Å². The van der Waals surface area contributed by atoms with E-state index < -0.39 is 5.97 Å². The van der Waals surface area contributed by atoms with Gasteiger partial charge in [0.15, 0.2) is 5.78 Å². The SMILES string of the molecule is Cc1c(O)cc(O)c2c1CC(=O)/C=C/CC[C@H]1O[C@@H]1C[C@@H](C)OC2=O. The van der Waals surface area contributed by atoms with Crippen LogP contribution in [-0.4, -0.2) is 40.3 Å². The van der Waals surface area contributed by atoms with Crippen molar-refractivity contribution in [3.63, 3.8) is 0 Å². The van der Waals surface area contributed by atoms with Crippen LogP contribution in [0.4, 0.5) is 0 Å². The number of fused-ring (bicyclic) bond motifs is 2. The predicted octanol–water partition coefficient (Wildman–Crippen LogP) is 2.57. The van der Waals surface area contributed by atoms with Crippen molar-refractivity contribution >= 4 is 11.8 Å². The van der Waals surface area contributed by atoms with Crippen molar-refractivity contribution < 1.29 is 29.3 Å². The van der Waals surface area contributed by atoms with Crippen LogP contribution in [0.2, 0.25) is 0 Å². The van der Waals surface area contributed by atoms with Gasteiger partial charge in [0.2, 0.25) is 0 Å². The molecule has 0 aliphatic carbocycles. The fourth-order valence-corrected chi connectivity index (χ4v) is 3.22. The van der Waals surface area contributed by atoms with Crippen LogP contribution in [0.5, 0.6) is 11.5 Å². The number of ketones is 1. The largest absolute Gasteiger partial charge is 0.508 e. The van der Waals surface area contributed by atoms with E-state index >= 15 is 0 Å². The van der Waals surface area contributed by atoms with Gasteiger partial charge in [0.25, 0.3) is 0 Å². The van der Waals surface area contributed by atoms with Crippen LogP contribution in [0.25, 0.3) is 0 Å². The summed E-state index contributed by atoms with van der Waals surface area (Å²) in [4.78, 5) is 24.8. The Balaban J connectivity index is 1.98. The zero-order chi connectivity index (χ0) is 18.1. The lowest BCUT2D eigenvalue weighted by Gasteiger charge is -2.17. The molecule has 0 aromatic heterocycles. The van der Waals surface area contributed by atoms with E-state index in [0.717, 1.165) is 18.9 Å². The highest BCUT2D eigenvalue weighted by Crippen LogP contribution is 2.35. The lowest BCUT2D eigenvalue weighted by atomic mass is 9.95. The zero-order valence-corrected chi connectivity index (χ0v) is 14.3. The molecule has 0 bridgehead atoms. The maximum absolute atomic E-state index is 12.6. The number of phenols is 2. The molecule has 6 nitrogen and oxygen atoms in total. The number of allylic oxidation sites excluding steroid dienone is 2. The van der Waals surface area contributed by atoms with Gasteiger partial charge in [0.1, 0.15) is 23.2 Å². The minimum Gasteiger partial charge on any atom is -0.508 e. The summed E-state index contributed by atoms with van der Waals surface area (Å²) < 4.78 is 11.0. The molecule has 0 saturated carbocycles. The molecular weight excluding hydrogens is 324 g/mol. The quantitative estimate of drug-likeness (QED) is 0.554. The molecule has 2 N–H and O–H groups in total. The first kappa shape index (κ1) is 17.5. The molecule has 25 heavy (non-hydrogen) atoms. The first-order valence-corrected chi connectivity index (χ1v) is 8.47. The number of rotatable bonds is 0. The number of ether oxygens (including phenoxy) is 2. The standard InChI is InChI=1S/C19H22O6/c1-10-7-17-16(25-17)6-4-3-5-12(20)8-13-11(2)14(21)9-15(22)18(13)19(23)24-10/h3,5,9-10,16-17,21-22H,4,6-8H2,1-2H3/b5-3+/t10-,16-,17-/m1/s1. The number of hydrogen-bond acceptors (Lipinski definition) is 6. The number of benzene rings is 1. The highest BCUT2D eigenvalue weighted by Gasteiger charge is 2.39. The molecule has 2 aliphatic rings. The van der Waals surface area contributed by atoms with Gasteiger partial charge in [0, 0.05) is 18.9 Å². The predicted molar refractivity (Wildman–Crippen MR) is 89.7 cm³/mol. The van der Waals surface area contributed by atoms with Crippen LogP contribution < -0.4 is 0 Å². The van der Waals surface area contributed by atoms with Crippen LogP contribution in [-0.2, 0) is 20.7 Å². The van der Waals surface area contributed by atoms with Gasteiger partial charge in [-0.15, -0.1) is 0 Å². The molecule has 3 atom stereocenters. The Hall–Kier alpha value is -2.34. The Bertz CT molecular complexity index is 736. The molecule has 6 heteroatoms. The summed E-state index contributed by atoms with van der Waals surface area (Å²) >= 11 is 0. The summed E-state index contributed by atoms with van der Waals surface area (Å²) in [5.74, 6) is -1.46. The molecule has 0 amide bonds. The van der Waals surface area contributed by atoms with E-state index in [4.69, 9.17) is 9.47 Å². The fourth-order valence-electron chi connectivity index (χ4n) is 3.22. The minimum atomic E-state index is -0.700. The topological polar surface area (TPSA) is 96.4 Å². The third kappa shape index (κ3) is 3.85. The number of carbonyl (C=O) groups is 2. The van der Waals surface area contributed by atoms with E-state index in [1.165, 1.54) is 6.08 Å². The Labute approximate surface area is 146 Å². The Morgan fingerprint density at radius 1 is 1.16 bits per heavy atom. The van der Waals surface area contributed by atoms with Gasteiger partial charge in [-0.1, -0.05) is 6.08 Å². The van der Waals surface area contributed by atoms with Gasteiger partial charge < -0.3 is 19.7 Å². The number of esters is 1. The molecule has 0 unspecified atom stereocenters. The monoisotopic (exact) mass is 346 g/mol. The maximum atomic E-state index is 12.6. The summed E-state index contributed by atoms with van der Waals surface area (Å²) in [5.41, 5.74) is 0.619. The molecule has 0 spiro atoms. The molecule has 3 rings (SSSR count). The highest BCUT2D eigenvalue weighted by atomic mass is 16.6. The average molecular weight is 346 g/mol. The Kier molecular flexibility index (Phi) is 4.81.